The van der Waals surface area contributed by atoms with Crippen LogP contribution in [0.15, 0.2) is 42.7 Å². The molecule has 0 bridgehead atoms. The van der Waals surface area contributed by atoms with Gasteiger partial charge in [0.1, 0.15) is 5.75 Å². The highest BCUT2D eigenvalue weighted by atomic mass is 16.5. The first-order valence-corrected chi connectivity index (χ1v) is 9.86. The number of likely N-dealkylation sites (tertiary alicyclic amines) is 2. The summed E-state index contributed by atoms with van der Waals surface area (Å²) in [4.78, 5) is 25.3. The van der Waals surface area contributed by atoms with Gasteiger partial charge < -0.3 is 15.4 Å². The molecule has 7 heteroatoms. The van der Waals surface area contributed by atoms with E-state index in [1.54, 1.807) is 12.4 Å². The summed E-state index contributed by atoms with van der Waals surface area (Å²) in [6, 6.07) is 9.51. The maximum Gasteiger partial charge on any atom is 0.260 e. The Morgan fingerprint density at radius 3 is 2.68 bits per heavy atom. The molecule has 0 aliphatic carbocycles. The molecule has 7 nitrogen and oxygen atoms in total. The number of aromatic nitrogens is 2. The number of nitrogens with zero attached hydrogens (tertiary/aromatic N) is 4. The molecular formula is C21H27N5O2. The lowest BCUT2D eigenvalue weighted by atomic mass is 9.79. The van der Waals surface area contributed by atoms with Gasteiger partial charge in [0.2, 0.25) is 5.95 Å². The number of anilines is 1. The summed E-state index contributed by atoms with van der Waals surface area (Å²) in [6.07, 6.45) is 6.93. The lowest BCUT2D eigenvalue weighted by molar-refractivity contribution is -0.136. The first-order chi connectivity index (χ1) is 13.6. The van der Waals surface area contributed by atoms with Crippen molar-refractivity contribution in [3.05, 3.63) is 48.3 Å². The molecule has 2 aliphatic rings. The Bertz CT molecular complexity index is 798. The van der Waals surface area contributed by atoms with Crippen molar-refractivity contribution in [1.82, 2.24) is 19.8 Å². The molecule has 2 aromatic rings. The lowest BCUT2D eigenvalue weighted by Crippen LogP contribution is -2.48. The molecule has 1 atom stereocenters. The third-order valence-corrected chi connectivity index (χ3v) is 5.77. The number of nitrogens with two attached hydrogens (primary N) is 1. The number of rotatable bonds is 5. The number of ether oxygens (including phenoxy) is 1. The number of carbonyl (C=O) groups excluding carboxylic acids is 1. The van der Waals surface area contributed by atoms with Gasteiger partial charge in [-0.1, -0.05) is 18.2 Å². The number of amides is 1. The van der Waals surface area contributed by atoms with Gasteiger partial charge in [-0.15, -0.1) is 0 Å². The van der Waals surface area contributed by atoms with E-state index in [1.807, 2.05) is 35.2 Å². The second-order valence-corrected chi connectivity index (χ2v) is 7.93. The van der Waals surface area contributed by atoms with E-state index in [9.17, 15) is 4.79 Å². The Morgan fingerprint density at radius 2 is 1.89 bits per heavy atom. The summed E-state index contributed by atoms with van der Waals surface area (Å²) in [5, 5.41) is 0. The zero-order chi connectivity index (χ0) is 19.4. The molecular weight excluding hydrogens is 354 g/mol. The minimum absolute atomic E-state index is 0.0771. The summed E-state index contributed by atoms with van der Waals surface area (Å²) in [5.41, 5.74) is 6.83. The first kappa shape index (κ1) is 18.7. The quantitative estimate of drug-likeness (QED) is 0.852. The van der Waals surface area contributed by atoms with Gasteiger partial charge >= 0.3 is 0 Å². The Labute approximate surface area is 165 Å². The molecule has 1 spiro atoms. The van der Waals surface area contributed by atoms with Gasteiger partial charge in [0.25, 0.3) is 5.91 Å². The summed E-state index contributed by atoms with van der Waals surface area (Å²) in [7, 11) is 0. The topological polar surface area (TPSA) is 84.6 Å². The van der Waals surface area contributed by atoms with Gasteiger partial charge in [-0.3, -0.25) is 9.69 Å². The highest BCUT2D eigenvalue weighted by Crippen LogP contribution is 2.39. The van der Waals surface area contributed by atoms with Crippen molar-refractivity contribution in [2.75, 3.05) is 38.5 Å². The van der Waals surface area contributed by atoms with Crippen molar-refractivity contribution in [2.24, 2.45) is 5.41 Å². The lowest BCUT2D eigenvalue weighted by Gasteiger charge is -2.40. The van der Waals surface area contributed by atoms with E-state index in [2.05, 4.69) is 14.9 Å². The Balaban J connectivity index is 1.31. The number of hydrogen-bond acceptors (Lipinski definition) is 6. The maximum absolute atomic E-state index is 12.7. The van der Waals surface area contributed by atoms with Crippen LogP contribution in [0.4, 0.5) is 5.95 Å². The van der Waals surface area contributed by atoms with Gasteiger partial charge in [-0.05, 0) is 37.9 Å². The van der Waals surface area contributed by atoms with Crippen LogP contribution in [0, 0.1) is 5.41 Å². The summed E-state index contributed by atoms with van der Waals surface area (Å²) in [6.45, 7) is 4.61. The molecule has 0 radical (unpaired) electrons. The minimum Gasteiger partial charge on any atom is -0.484 e. The predicted molar refractivity (Wildman–Crippen MR) is 107 cm³/mol. The number of para-hydroxylation sites is 1. The van der Waals surface area contributed by atoms with E-state index in [0.29, 0.717) is 5.95 Å². The van der Waals surface area contributed by atoms with Crippen LogP contribution in [0.1, 0.15) is 24.8 Å². The number of hydrogen-bond donors (Lipinski definition) is 1. The Kier molecular flexibility index (Phi) is 5.43. The zero-order valence-corrected chi connectivity index (χ0v) is 16.1. The first-order valence-electron chi connectivity index (χ1n) is 9.86. The van der Waals surface area contributed by atoms with Crippen LogP contribution in [-0.4, -0.2) is 58.5 Å². The summed E-state index contributed by atoms with van der Waals surface area (Å²) < 4.78 is 5.66. The van der Waals surface area contributed by atoms with E-state index in [-0.39, 0.29) is 17.9 Å². The van der Waals surface area contributed by atoms with Gasteiger partial charge in [0, 0.05) is 49.6 Å². The van der Waals surface area contributed by atoms with Crippen LogP contribution >= 0.6 is 0 Å². The van der Waals surface area contributed by atoms with Gasteiger partial charge in [0.15, 0.2) is 6.61 Å². The SMILES string of the molecule is Nc1ncc(CN2CCC3(CCCN(C(=O)COc4ccccc4)C3)C2)cn1. The van der Waals surface area contributed by atoms with Gasteiger partial charge in [-0.2, -0.15) is 0 Å². The largest absolute Gasteiger partial charge is 0.484 e. The maximum atomic E-state index is 12.7. The Hall–Kier alpha value is -2.67. The highest BCUT2D eigenvalue weighted by Gasteiger charge is 2.42. The fourth-order valence-corrected chi connectivity index (χ4v) is 4.37. The molecule has 1 aromatic carbocycles. The van der Waals surface area contributed by atoms with E-state index in [1.165, 1.54) is 6.42 Å². The molecule has 2 fully saturated rings. The minimum atomic E-state index is 0.0771. The normalized spacial score (nSPS) is 22.5. The second-order valence-electron chi connectivity index (χ2n) is 7.93. The molecule has 4 rings (SSSR count). The standard InChI is InChI=1S/C21H27N5O2/c22-20-23-11-17(12-24-20)13-25-10-8-21(15-25)7-4-9-26(16-21)19(27)14-28-18-5-2-1-3-6-18/h1-3,5-6,11-12H,4,7-10,13-16H2,(H2,22,23,24). The Morgan fingerprint density at radius 1 is 1.11 bits per heavy atom. The van der Waals surface area contributed by atoms with Crippen LogP contribution in [0.3, 0.4) is 0 Å². The van der Waals surface area contributed by atoms with Gasteiger partial charge in [-0.25, -0.2) is 9.97 Å². The van der Waals surface area contributed by atoms with Crippen LogP contribution in [0.2, 0.25) is 0 Å². The smallest absolute Gasteiger partial charge is 0.260 e. The monoisotopic (exact) mass is 381 g/mol. The molecule has 2 aliphatic heterocycles. The number of carbonyl (C=O) groups is 1. The fraction of sp³-hybridized carbons (Fsp3) is 0.476. The second kappa shape index (κ2) is 8.14. The van der Waals surface area contributed by atoms with E-state index >= 15 is 0 Å². The molecule has 3 heterocycles. The van der Waals surface area contributed by atoms with E-state index in [4.69, 9.17) is 10.5 Å². The van der Waals surface area contributed by atoms with Crippen molar-refractivity contribution < 1.29 is 9.53 Å². The van der Waals surface area contributed by atoms with Crippen LogP contribution in [-0.2, 0) is 11.3 Å². The average molecular weight is 381 g/mol. The van der Waals surface area contributed by atoms with Crippen LogP contribution in [0.5, 0.6) is 5.75 Å². The summed E-state index contributed by atoms with van der Waals surface area (Å²) >= 11 is 0. The van der Waals surface area contributed by atoms with Crippen molar-refractivity contribution >= 4 is 11.9 Å². The molecule has 1 unspecified atom stereocenters. The van der Waals surface area contributed by atoms with Crippen LogP contribution in [0.25, 0.3) is 0 Å². The van der Waals surface area contributed by atoms with Crippen LogP contribution < -0.4 is 10.5 Å². The summed E-state index contributed by atoms with van der Waals surface area (Å²) in [5.74, 6) is 1.12. The van der Waals surface area contributed by atoms with Crippen molar-refractivity contribution in [3.8, 4) is 5.75 Å². The molecule has 2 saturated heterocycles. The number of nitrogen functional groups attached to an aromatic ring is 1. The highest BCUT2D eigenvalue weighted by molar-refractivity contribution is 5.78. The van der Waals surface area contributed by atoms with Crippen molar-refractivity contribution in [2.45, 2.75) is 25.8 Å². The average Bonchev–Trinajstić information content (AvgIpc) is 3.10. The van der Waals surface area contributed by atoms with Crippen molar-refractivity contribution in [1.29, 1.82) is 0 Å². The molecule has 148 valence electrons. The molecule has 0 saturated carbocycles. The van der Waals surface area contributed by atoms with Gasteiger partial charge in [0.05, 0.1) is 0 Å². The fourth-order valence-electron chi connectivity index (χ4n) is 4.37. The molecule has 2 N–H and O–H groups in total. The number of piperidine rings is 1. The van der Waals surface area contributed by atoms with E-state index < -0.39 is 0 Å². The molecule has 28 heavy (non-hydrogen) atoms. The number of benzene rings is 1. The molecule has 1 aromatic heterocycles. The third kappa shape index (κ3) is 4.42. The molecule has 1 amide bonds. The third-order valence-electron chi connectivity index (χ3n) is 5.77. The predicted octanol–water partition coefficient (Wildman–Crippen LogP) is 1.95. The zero-order valence-electron chi connectivity index (χ0n) is 16.1. The van der Waals surface area contributed by atoms with Crippen molar-refractivity contribution in [3.63, 3.8) is 0 Å². The van der Waals surface area contributed by atoms with E-state index in [0.717, 1.165) is 56.9 Å².